The maximum Gasteiger partial charge on any atom is 0.0756 e. The Kier molecular flexibility index (Phi) is 3.09. The van der Waals surface area contributed by atoms with Crippen molar-refractivity contribution in [3.05, 3.63) is 0 Å². The lowest BCUT2D eigenvalue weighted by Crippen LogP contribution is -2.65. The highest BCUT2D eigenvalue weighted by molar-refractivity contribution is 5.17. The van der Waals surface area contributed by atoms with Crippen LogP contribution in [0.4, 0.5) is 0 Å². The molecule has 4 fully saturated rings. The number of aliphatic hydroxyl groups is 2. The molecule has 4 aliphatic rings. The van der Waals surface area contributed by atoms with E-state index < -0.39 is 5.60 Å². The third-order valence-corrected chi connectivity index (χ3v) is 8.68. The highest BCUT2D eigenvalue weighted by Gasteiger charge is 2.67. The first-order valence-corrected chi connectivity index (χ1v) is 9.32. The van der Waals surface area contributed by atoms with Crippen molar-refractivity contribution in [2.75, 3.05) is 0 Å². The van der Waals surface area contributed by atoms with E-state index in [9.17, 15) is 10.2 Å². The first-order chi connectivity index (χ1) is 9.92. The normalized spacial score (nSPS) is 60.0. The Labute approximate surface area is 129 Å². The van der Waals surface area contributed by atoms with Crippen LogP contribution < -0.4 is 0 Å². The van der Waals surface area contributed by atoms with E-state index in [1.165, 1.54) is 38.5 Å². The summed E-state index contributed by atoms with van der Waals surface area (Å²) in [5.74, 6) is 1.82. The molecule has 0 saturated heterocycles. The second kappa shape index (κ2) is 4.47. The van der Waals surface area contributed by atoms with Gasteiger partial charge in [-0.05, 0) is 74.5 Å². The van der Waals surface area contributed by atoms with E-state index >= 15 is 0 Å². The van der Waals surface area contributed by atoms with Gasteiger partial charge in [0, 0.05) is 5.41 Å². The van der Waals surface area contributed by atoms with E-state index in [0.717, 1.165) is 31.6 Å². The predicted octanol–water partition coefficient (Wildman–Crippen LogP) is 3.90. The van der Waals surface area contributed by atoms with Gasteiger partial charge in [-0.3, -0.25) is 0 Å². The third-order valence-electron chi connectivity index (χ3n) is 8.68. The predicted molar refractivity (Wildman–Crippen MR) is 83.8 cm³/mol. The van der Waals surface area contributed by atoms with Crippen LogP contribution >= 0.6 is 0 Å². The summed E-state index contributed by atoms with van der Waals surface area (Å²) in [5, 5.41) is 22.5. The van der Waals surface area contributed by atoms with Gasteiger partial charge in [-0.2, -0.15) is 0 Å². The number of fused-ring (bicyclic) bond motifs is 5. The van der Waals surface area contributed by atoms with E-state index in [4.69, 9.17) is 0 Å². The van der Waals surface area contributed by atoms with Crippen LogP contribution in [0.5, 0.6) is 0 Å². The molecule has 4 aliphatic carbocycles. The van der Waals surface area contributed by atoms with Crippen molar-refractivity contribution in [3.8, 4) is 0 Å². The third kappa shape index (κ3) is 1.67. The SMILES string of the molecule is C[C@@]12CCC[C@]1(O)[C@@H]1CC[C@@H]3CCCC[C@]3(C)C1C[C@H]2O. The Hall–Kier alpha value is -0.0800. The Morgan fingerprint density at radius 1 is 0.857 bits per heavy atom. The monoisotopic (exact) mass is 292 g/mol. The molecule has 0 aromatic rings. The molecule has 4 rings (SSSR count). The minimum Gasteiger partial charge on any atom is -0.392 e. The van der Waals surface area contributed by atoms with E-state index in [2.05, 4.69) is 13.8 Å². The van der Waals surface area contributed by atoms with Gasteiger partial charge < -0.3 is 10.2 Å². The molecule has 2 N–H and O–H groups in total. The van der Waals surface area contributed by atoms with Gasteiger partial charge in [-0.1, -0.05) is 26.7 Å². The Bertz CT molecular complexity index is 435. The molecular weight excluding hydrogens is 260 g/mol. The summed E-state index contributed by atoms with van der Waals surface area (Å²) in [7, 11) is 0. The molecule has 0 heterocycles. The minimum absolute atomic E-state index is 0.244. The standard InChI is InChI=1S/C19H32O2/c1-17-9-4-3-6-13(17)7-8-14-15(17)12-16(20)18(2)10-5-11-19(14,18)21/h13-16,20-21H,3-12H2,1-2H3/t13-,14+,15?,16+,17-,18-,19-/m0/s1. The van der Waals surface area contributed by atoms with Crippen molar-refractivity contribution in [2.45, 2.75) is 89.8 Å². The van der Waals surface area contributed by atoms with E-state index in [1.54, 1.807) is 0 Å². The first-order valence-electron chi connectivity index (χ1n) is 9.32. The Balaban J connectivity index is 1.74. The van der Waals surface area contributed by atoms with Crippen LogP contribution in [0.25, 0.3) is 0 Å². The van der Waals surface area contributed by atoms with Crippen molar-refractivity contribution < 1.29 is 10.2 Å². The highest BCUT2D eigenvalue weighted by atomic mass is 16.3. The van der Waals surface area contributed by atoms with Crippen LogP contribution in [0.3, 0.4) is 0 Å². The minimum atomic E-state index is -0.596. The molecule has 0 aromatic carbocycles. The molecule has 0 spiro atoms. The van der Waals surface area contributed by atoms with Crippen LogP contribution in [0.2, 0.25) is 0 Å². The zero-order chi connectivity index (χ0) is 14.9. The molecule has 2 heteroatoms. The van der Waals surface area contributed by atoms with E-state index in [-0.39, 0.29) is 11.5 Å². The molecule has 1 unspecified atom stereocenters. The summed E-state index contributed by atoms with van der Waals surface area (Å²) in [4.78, 5) is 0. The summed E-state index contributed by atoms with van der Waals surface area (Å²) in [5.41, 5.74) is -0.464. The van der Waals surface area contributed by atoms with Crippen LogP contribution in [0.15, 0.2) is 0 Å². The molecule has 0 amide bonds. The maximum absolute atomic E-state index is 11.6. The fourth-order valence-electron chi connectivity index (χ4n) is 7.23. The van der Waals surface area contributed by atoms with Crippen molar-refractivity contribution in [1.82, 2.24) is 0 Å². The molecule has 0 aliphatic heterocycles. The molecule has 120 valence electrons. The van der Waals surface area contributed by atoms with Crippen molar-refractivity contribution >= 4 is 0 Å². The van der Waals surface area contributed by atoms with Crippen molar-refractivity contribution in [2.24, 2.45) is 28.6 Å². The molecule has 7 atom stereocenters. The number of aliphatic hydroxyl groups excluding tert-OH is 1. The molecule has 4 saturated carbocycles. The summed E-state index contributed by atoms with van der Waals surface area (Å²) in [6, 6.07) is 0. The quantitative estimate of drug-likeness (QED) is 0.711. The summed E-state index contributed by atoms with van der Waals surface area (Å²) >= 11 is 0. The molecule has 0 radical (unpaired) electrons. The zero-order valence-corrected chi connectivity index (χ0v) is 13.8. The van der Waals surface area contributed by atoms with Crippen LogP contribution in [0, 0.1) is 28.6 Å². The molecular formula is C19H32O2. The van der Waals surface area contributed by atoms with Gasteiger partial charge in [0.25, 0.3) is 0 Å². The largest absolute Gasteiger partial charge is 0.392 e. The summed E-state index contributed by atoms with van der Waals surface area (Å²) in [6.07, 6.45) is 11.6. The van der Waals surface area contributed by atoms with Gasteiger partial charge in [-0.25, -0.2) is 0 Å². The highest BCUT2D eigenvalue weighted by Crippen LogP contribution is 2.67. The topological polar surface area (TPSA) is 40.5 Å². The molecule has 0 aromatic heterocycles. The van der Waals surface area contributed by atoms with Gasteiger partial charge >= 0.3 is 0 Å². The van der Waals surface area contributed by atoms with Gasteiger partial charge in [-0.15, -0.1) is 0 Å². The number of hydrogen-bond donors (Lipinski definition) is 2. The van der Waals surface area contributed by atoms with Crippen LogP contribution in [0.1, 0.15) is 78.1 Å². The van der Waals surface area contributed by atoms with Crippen molar-refractivity contribution in [1.29, 1.82) is 0 Å². The molecule has 21 heavy (non-hydrogen) atoms. The summed E-state index contributed by atoms with van der Waals surface area (Å²) in [6.45, 7) is 4.65. The van der Waals surface area contributed by atoms with Crippen molar-refractivity contribution in [3.63, 3.8) is 0 Å². The average molecular weight is 292 g/mol. The molecule has 0 bridgehead atoms. The Morgan fingerprint density at radius 2 is 1.67 bits per heavy atom. The van der Waals surface area contributed by atoms with Gasteiger partial charge in [0.2, 0.25) is 0 Å². The second-order valence-electron chi connectivity index (χ2n) is 9.19. The van der Waals surface area contributed by atoms with Crippen LogP contribution in [-0.4, -0.2) is 21.9 Å². The molecule has 2 nitrogen and oxygen atoms in total. The second-order valence-corrected chi connectivity index (χ2v) is 9.19. The lowest BCUT2D eigenvalue weighted by atomic mass is 9.43. The smallest absolute Gasteiger partial charge is 0.0756 e. The number of rotatable bonds is 0. The summed E-state index contributed by atoms with van der Waals surface area (Å²) < 4.78 is 0. The van der Waals surface area contributed by atoms with E-state index in [0.29, 0.717) is 17.3 Å². The lowest BCUT2D eigenvalue weighted by molar-refractivity contribution is -0.235. The zero-order valence-electron chi connectivity index (χ0n) is 13.8. The first kappa shape index (κ1) is 14.5. The van der Waals surface area contributed by atoms with E-state index in [1.807, 2.05) is 0 Å². The van der Waals surface area contributed by atoms with Gasteiger partial charge in [0.05, 0.1) is 11.7 Å². The van der Waals surface area contributed by atoms with Gasteiger partial charge in [0.15, 0.2) is 0 Å². The average Bonchev–Trinajstić information content (AvgIpc) is 2.77. The fraction of sp³-hybridized carbons (Fsp3) is 1.00. The fourth-order valence-corrected chi connectivity index (χ4v) is 7.23. The number of hydrogen-bond acceptors (Lipinski definition) is 2. The van der Waals surface area contributed by atoms with Gasteiger partial charge in [0.1, 0.15) is 0 Å². The van der Waals surface area contributed by atoms with Crippen LogP contribution in [-0.2, 0) is 0 Å². The Morgan fingerprint density at radius 3 is 2.48 bits per heavy atom. The lowest BCUT2D eigenvalue weighted by Gasteiger charge is -2.63. The maximum atomic E-state index is 11.6.